The molecule has 0 saturated carbocycles. The fraction of sp³-hybridized carbons (Fsp3) is 0.167. The number of thioether (sulfide) groups is 1. The molecule has 0 N–H and O–H groups in total. The summed E-state index contributed by atoms with van der Waals surface area (Å²) in [5, 5.41) is 2.52. The third-order valence-electron chi connectivity index (χ3n) is 5.55. The minimum absolute atomic E-state index is 0.299. The molecule has 2 saturated heterocycles. The lowest BCUT2D eigenvalue weighted by molar-refractivity contribution is -0.113. The maximum Gasteiger partial charge on any atom is 0.298 e. The van der Waals surface area contributed by atoms with Crippen LogP contribution in [0.3, 0.4) is 0 Å². The number of nitrogens with zero attached hydrogens (tertiary/aromatic N) is 2. The highest BCUT2D eigenvalue weighted by atomic mass is 35.5. The van der Waals surface area contributed by atoms with Crippen molar-refractivity contribution in [3.63, 3.8) is 0 Å². The van der Waals surface area contributed by atoms with Gasteiger partial charge in [0.05, 0.1) is 10.6 Å². The summed E-state index contributed by atoms with van der Waals surface area (Å²) in [6.45, 7) is 2.15. The van der Waals surface area contributed by atoms with Crippen molar-refractivity contribution in [2.75, 3.05) is 22.9 Å². The molecule has 0 atom stereocenters. The average Bonchev–Trinajstić information content (AvgIpc) is 3.38. The topological polar surface area (TPSA) is 40.6 Å². The van der Waals surface area contributed by atoms with E-state index in [0.717, 1.165) is 35.8 Å². The minimum Gasteiger partial charge on any atom is -0.371 e. The van der Waals surface area contributed by atoms with Gasteiger partial charge in [-0.25, -0.2) is 4.90 Å². The van der Waals surface area contributed by atoms with Gasteiger partial charge in [0.15, 0.2) is 0 Å². The normalized spacial score (nSPS) is 18.2. The lowest BCUT2D eigenvalue weighted by Crippen LogP contribution is -2.27. The van der Waals surface area contributed by atoms with Crippen molar-refractivity contribution in [3.05, 3.63) is 76.2 Å². The zero-order chi connectivity index (χ0) is 20.7. The molecule has 0 bridgehead atoms. The van der Waals surface area contributed by atoms with Crippen molar-refractivity contribution in [2.24, 2.45) is 0 Å². The number of carbonyl (C=O) groups is 2. The molecule has 3 aromatic carbocycles. The molecule has 2 fully saturated rings. The van der Waals surface area contributed by atoms with E-state index in [0.29, 0.717) is 15.6 Å². The zero-order valence-electron chi connectivity index (χ0n) is 16.2. The Labute approximate surface area is 184 Å². The first-order valence-electron chi connectivity index (χ1n) is 9.92. The number of halogens is 1. The molecule has 2 heterocycles. The summed E-state index contributed by atoms with van der Waals surface area (Å²) in [6, 6.07) is 19.1. The molecule has 150 valence electrons. The summed E-state index contributed by atoms with van der Waals surface area (Å²) in [5.41, 5.74) is 2.70. The highest BCUT2D eigenvalue weighted by Gasteiger charge is 2.36. The summed E-state index contributed by atoms with van der Waals surface area (Å²) < 4.78 is 0. The molecule has 0 radical (unpaired) electrons. The zero-order valence-corrected chi connectivity index (χ0v) is 17.7. The molecular weight excluding hydrogens is 416 g/mol. The van der Waals surface area contributed by atoms with Gasteiger partial charge < -0.3 is 4.90 Å². The van der Waals surface area contributed by atoms with Crippen LogP contribution in [0.5, 0.6) is 0 Å². The van der Waals surface area contributed by atoms with Crippen LogP contribution >= 0.6 is 23.4 Å². The summed E-state index contributed by atoms with van der Waals surface area (Å²) >= 11 is 6.90. The van der Waals surface area contributed by atoms with E-state index in [1.54, 1.807) is 24.3 Å². The molecule has 0 aromatic heterocycles. The lowest BCUT2D eigenvalue weighted by atomic mass is 10.0. The standard InChI is InChI=1S/C24H19ClN2O2S/c25-17-8-10-18(11-9-17)27-23(28)22(30-24(27)29)15-16-7-12-21(26-13-3-4-14-26)20-6-2-1-5-19(16)20/h1-2,5-12,15H,3-4,13-14H2/b22-15+. The first-order chi connectivity index (χ1) is 14.6. The van der Waals surface area contributed by atoms with Crippen LogP contribution in [-0.2, 0) is 4.79 Å². The summed E-state index contributed by atoms with van der Waals surface area (Å²) in [6.07, 6.45) is 4.26. The van der Waals surface area contributed by atoms with E-state index in [9.17, 15) is 9.59 Å². The number of benzene rings is 3. The lowest BCUT2D eigenvalue weighted by Gasteiger charge is -2.20. The molecule has 30 heavy (non-hydrogen) atoms. The van der Waals surface area contributed by atoms with E-state index in [4.69, 9.17) is 11.6 Å². The molecule has 4 nitrogen and oxygen atoms in total. The maximum atomic E-state index is 13.0. The Morgan fingerprint density at radius 2 is 1.57 bits per heavy atom. The Morgan fingerprint density at radius 3 is 2.30 bits per heavy atom. The van der Waals surface area contributed by atoms with Crippen molar-refractivity contribution in [2.45, 2.75) is 12.8 Å². The molecule has 5 rings (SSSR count). The van der Waals surface area contributed by atoms with Gasteiger partial charge >= 0.3 is 0 Å². The fourth-order valence-electron chi connectivity index (χ4n) is 4.09. The number of anilines is 2. The first-order valence-corrected chi connectivity index (χ1v) is 11.1. The van der Waals surface area contributed by atoms with Crippen molar-refractivity contribution < 1.29 is 9.59 Å². The van der Waals surface area contributed by atoms with Crippen molar-refractivity contribution >= 4 is 62.7 Å². The molecule has 2 aliphatic rings. The predicted octanol–water partition coefficient (Wildman–Crippen LogP) is 6.33. The first kappa shape index (κ1) is 19.2. The predicted molar refractivity (Wildman–Crippen MR) is 125 cm³/mol. The Hall–Kier alpha value is -2.76. The van der Waals surface area contributed by atoms with E-state index in [1.807, 2.05) is 24.3 Å². The van der Waals surface area contributed by atoms with Crippen LogP contribution in [0.25, 0.3) is 16.8 Å². The Bertz CT molecular complexity index is 1180. The van der Waals surface area contributed by atoms with E-state index < -0.39 is 0 Å². The van der Waals surface area contributed by atoms with Crippen molar-refractivity contribution in [1.29, 1.82) is 0 Å². The van der Waals surface area contributed by atoms with Crippen LogP contribution < -0.4 is 9.80 Å². The van der Waals surface area contributed by atoms with Gasteiger partial charge in [-0.2, -0.15) is 0 Å². The SMILES string of the molecule is O=C1S/C(=C/c2ccc(N3CCCC3)c3ccccc23)C(=O)N1c1ccc(Cl)cc1. The minimum atomic E-state index is -0.306. The van der Waals surface area contributed by atoms with Crippen molar-refractivity contribution in [1.82, 2.24) is 0 Å². The Balaban J connectivity index is 1.53. The largest absolute Gasteiger partial charge is 0.371 e. The molecule has 0 unspecified atom stereocenters. The maximum absolute atomic E-state index is 13.0. The van der Waals surface area contributed by atoms with Crippen LogP contribution in [0.4, 0.5) is 16.2 Å². The molecule has 6 heteroatoms. The van der Waals surface area contributed by atoms with Crippen LogP contribution in [-0.4, -0.2) is 24.2 Å². The third kappa shape index (κ3) is 3.38. The van der Waals surface area contributed by atoms with Crippen LogP contribution in [0, 0.1) is 0 Å². The van der Waals surface area contributed by atoms with E-state index >= 15 is 0 Å². The van der Waals surface area contributed by atoms with Gasteiger partial charge in [-0.1, -0.05) is 41.9 Å². The Kier molecular flexibility index (Phi) is 5.01. The summed E-state index contributed by atoms with van der Waals surface area (Å²) in [7, 11) is 0. The summed E-state index contributed by atoms with van der Waals surface area (Å²) in [4.78, 5) is 29.6. The van der Waals surface area contributed by atoms with Gasteiger partial charge in [-0.05, 0) is 72.0 Å². The van der Waals surface area contributed by atoms with E-state index in [2.05, 4.69) is 23.1 Å². The number of rotatable bonds is 3. The van der Waals surface area contributed by atoms with E-state index in [1.165, 1.54) is 28.8 Å². The highest BCUT2D eigenvalue weighted by molar-refractivity contribution is 8.19. The molecular formula is C24H19ClN2O2S. The monoisotopic (exact) mass is 434 g/mol. The van der Waals surface area contributed by atoms with Gasteiger partial charge in [0, 0.05) is 29.2 Å². The quantitative estimate of drug-likeness (QED) is 0.451. The van der Waals surface area contributed by atoms with Crippen LogP contribution in [0.2, 0.25) is 5.02 Å². The molecule has 0 aliphatic carbocycles. The number of hydrogen-bond acceptors (Lipinski definition) is 4. The average molecular weight is 435 g/mol. The number of amides is 2. The van der Waals surface area contributed by atoms with Crippen LogP contribution in [0.15, 0.2) is 65.6 Å². The van der Waals surface area contributed by atoms with Crippen molar-refractivity contribution in [3.8, 4) is 0 Å². The number of imide groups is 1. The smallest absolute Gasteiger partial charge is 0.298 e. The second kappa shape index (κ2) is 7.82. The molecule has 2 aliphatic heterocycles. The number of carbonyl (C=O) groups excluding carboxylic acids is 2. The van der Waals surface area contributed by atoms with Gasteiger partial charge in [0.2, 0.25) is 0 Å². The second-order valence-corrected chi connectivity index (χ2v) is 8.84. The van der Waals surface area contributed by atoms with Gasteiger partial charge in [-0.15, -0.1) is 0 Å². The number of fused-ring (bicyclic) bond motifs is 1. The van der Waals surface area contributed by atoms with Gasteiger partial charge in [0.25, 0.3) is 11.1 Å². The van der Waals surface area contributed by atoms with E-state index in [-0.39, 0.29) is 11.1 Å². The Morgan fingerprint density at radius 1 is 0.867 bits per heavy atom. The number of hydrogen-bond donors (Lipinski definition) is 0. The van der Waals surface area contributed by atoms with Gasteiger partial charge in [0.1, 0.15) is 0 Å². The highest BCUT2D eigenvalue weighted by Crippen LogP contribution is 2.38. The summed E-state index contributed by atoms with van der Waals surface area (Å²) in [5.74, 6) is -0.306. The molecule has 0 spiro atoms. The molecule has 3 aromatic rings. The second-order valence-electron chi connectivity index (χ2n) is 7.41. The fourth-order valence-corrected chi connectivity index (χ4v) is 5.05. The van der Waals surface area contributed by atoms with Crippen LogP contribution in [0.1, 0.15) is 18.4 Å². The molecule has 2 amide bonds. The third-order valence-corrected chi connectivity index (χ3v) is 6.67. The van der Waals surface area contributed by atoms with Gasteiger partial charge in [-0.3, -0.25) is 9.59 Å².